The van der Waals surface area contributed by atoms with E-state index >= 15 is 0 Å². The molecule has 1 aromatic carbocycles. The van der Waals surface area contributed by atoms with Gasteiger partial charge in [0, 0.05) is 17.1 Å². The standard InChI is InChI=1S/C15H23BrFNO/c1-11(2)4-5-12(3)18-8-9-19-15-7-6-13(16)10-14(15)17/h6-7,10-12,18H,4-5,8-9H2,1-3H3. The fourth-order valence-corrected chi connectivity index (χ4v) is 2.08. The van der Waals surface area contributed by atoms with Crippen LogP contribution in [0.5, 0.6) is 5.75 Å². The van der Waals surface area contributed by atoms with E-state index in [1.54, 1.807) is 12.1 Å². The maximum absolute atomic E-state index is 13.5. The molecule has 1 unspecified atom stereocenters. The van der Waals surface area contributed by atoms with Gasteiger partial charge in [-0.05, 0) is 43.9 Å². The molecule has 2 nitrogen and oxygen atoms in total. The molecule has 0 aliphatic carbocycles. The van der Waals surface area contributed by atoms with Gasteiger partial charge in [-0.25, -0.2) is 4.39 Å². The van der Waals surface area contributed by atoms with Crippen molar-refractivity contribution >= 4 is 15.9 Å². The molecule has 19 heavy (non-hydrogen) atoms. The lowest BCUT2D eigenvalue weighted by Gasteiger charge is -2.15. The Morgan fingerprint density at radius 3 is 2.63 bits per heavy atom. The van der Waals surface area contributed by atoms with Crippen LogP contribution < -0.4 is 10.1 Å². The predicted molar refractivity (Wildman–Crippen MR) is 81.1 cm³/mol. The van der Waals surface area contributed by atoms with E-state index in [4.69, 9.17) is 4.74 Å². The van der Waals surface area contributed by atoms with Crippen LogP contribution >= 0.6 is 15.9 Å². The SMILES string of the molecule is CC(C)CCC(C)NCCOc1ccc(Br)cc1F. The summed E-state index contributed by atoms with van der Waals surface area (Å²) in [6.45, 7) is 7.83. The van der Waals surface area contributed by atoms with Crippen molar-refractivity contribution in [1.82, 2.24) is 5.32 Å². The largest absolute Gasteiger partial charge is 0.489 e. The quantitative estimate of drug-likeness (QED) is 0.713. The van der Waals surface area contributed by atoms with E-state index in [0.717, 1.165) is 23.4 Å². The van der Waals surface area contributed by atoms with E-state index in [-0.39, 0.29) is 5.82 Å². The molecule has 0 spiro atoms. The number of ether oxygens (including phenoxy) is 1. The summed E-state index contributed by atoms with van der Waals surface area (Å²) in [6, 6.07) is 5.30. The van der Waals surface area contributed by atoms with Gasteiger partial charge in [-0.15, -0.1) is 0 Å². The minimum absolute atomic E-state index is 0.305. The first-order chi connectivity index (χ1) is 8.99. The zero-order valence-corrected chi connectivity index (χ0v) is 13.5. The Bertz CT molecular complexity index is 384. The van der Waals surface area contributed by atoms with Crippen LogP contribution in [-0.4, -0.2) is 19.2 Å². The van der Waals surface area contributed by atoms with E-state index < -0.39 is 0 Å². The molecule has 1 atom stereocenters. The van der Waals surface area contributed by atoms with E-state index in [1.807, 2.05) is 0 Å². The Morgan fingerprint density at radius 1 is 1.26 bits per heavy atom. The molecule has 0 heterocycles. The third-order valence-electron chi connectivity index (χ3n) is 2.92. The Morgan fingerprint density at radius 2 is 2.00 bits per heavy atom. The van der Waals surface area contributed by atoms with Gasteiger partial charge in [0.15, 0.2) is 11.6 Å². The summed E-state index contributed by atoms with van der Waals surface area (Å²) in [5.74, 6) is 0.708. The van der Waals surface area contributed by atoms with Gasteiger partial charge < -0.3 is 10.1 Å². The first kappa shape index (κ1) is 16.4. The lowest BCUT2D eigenvalue weighted by atomic mass is 10.0. The zero-order valence-electron chi connectivity index (χ0n) is 11.9. The van der Waals surface area contributed by atoms with Crippen molar-refractivity contribution in [2.75, 3.05) is 13.2 Å². The molecule has 4 heteroatoms. The molecule has 1 rings (SSSR count). The van der Waals surface area contributed by atoms with Crippen LogP contribution in [0.3, 0.4) is 0 Å². The molecule has 0 bridgehead atoms. The smallest absolute Gasteiger partial charge is 0.166 e. The van der Waals surface area contributed by atoms with E-state index in [0.29, 0.717) is 18.4 Å². The third-order valence-corrected chi connectivity index (χ3v) is 3.42. The van der Waals surface area contributed by atoms with Gasteiger partial charge in [0.05, 0.1) is 0 Å². The lowest BCUT2D eigenvalue weighted by Crippen LogP contribution is -2.30. The number of halogens is 2. The van der Waals surface area contributed by atoms with Gasteiger partial charge >= 0.3 is 0 Å². The maximum Gasteiger partial charge on any atom is 0.166 e. The molecule has 0 amide bonds. The van der Waals surface area contributed by atoms with Crippen molar-refractivity contribution in [2.24, 2.45) is 5.92 Å². The van der Waals surface area contributed by atoms with Crippen molar-refractivity contribution in [3.63, 3.8) is 0 Å². The van der Waals surface area contributed by atoms with Crippen molar-refractivity contribution in [3.8, 4) is 5.75 Å². The van der Waals surface area contributed by atoms with Gasteiger partial charge in [-0.1, -0.05) is 29.8 Å². The average molecular weight is 332 g/mol. The first-order valence-electron chi connectivity index (χ1n) is 6.80. The Kier molecular flexibility index (Phi) is 7.39. The topological polar surface area (TPSA) is 21.3 Å². The van der Waals surface area contributed by atoms with Crippen LogP contribution in [0.2, 0.25) is 0 Å². The molecule has 1 aromatic rings. The molecule has 108 valence electrons. The van der Waals surface area contributed by atoms with Crippen molar-refractivity contribution < 1.29 is 9.13 Å². The first-order valence-corrected chi connectivity index (χ1v) is 7.59. The summed E-state index contributed by atoms with van der Waals surface area (Å²) < 4.78 is 19.6. The summed E-state index contributed by atoms with van der Waals surface area (Å²) in [5, 5.41) is 3.38. The van der Waals surface area contributed by atoms with Gasteiger partial charge in [0.1, 0.15) is 6.61 Å². The summed E-state index contributed by atoms with van der Waals surface area (Å²) in [4.78, 5) is 0. The van der Waals surface area contributed by atoms with Crippen LogP contribution in [0.15, 0.2) is 22.7 Å². The predicted octanol–water partition coefficient (Wildman–Crippen LogP) is 4.38. The van der Waals surface area contributed by atoms with Crippen LogP contribution in [0.1, 0.15) is 33.6 Å². The maximum atomic E-state index is 13.5. The summed E-state index contributed by atoms with van der Waals surface area (Å²) >= 11 is 3.22. The normalized spacial score (nSPS) is 12.7. The average Bonchev–Trinajstić information content (AvgIpc) is 2.34. The third kappa shape index (κ3) is 6.92. The van der Waals surface area contributed by atoms with Gasteiger partial charge in [-0.3, -0.25) is 0 Å². The fraction of sp³-hybridized carbons (Fsp3) is 0.600. The fourth-order valence-electron chi connectivity index (χ4n) is 1.74. The molecular weight excluding hydrogens is 309 g/mol. The van der Waals surface area contributed by atoms with Crippen molar-refractivity contribution in [1.29, 1.82) is 0 Å². The van der Waals surface area contributed by atoms with Gasteiger partial charge in [0.2, 0.25) is 0 Å². The lowest BCUT2D eigenvalue weighted by molar-refractivity contribution is 0.289. The molecule has 0 aliphatic heterocycles. The number of rotatable bonds is 8. The van der Waals surface area contributed by atoms with Gasteiger partial charge in [0.25, 0.3) is 0 Å². The zero-order chi connectivity index (χ0) is 14.3. The molecule has 0 aliphatic rings. The van der Waals surface area contributed by atoms with Crippen molar-refractivity contribution in [3.05, 3.63) is 28.5 Å². The second-order valence-electron chi connectivity index (χ2n) is 5.25. The Balaban J connectivity index is 2.20. The van der Waals surface area contributed by atoms with Crippen LogP contribution in [-0.2, 0) is 0 Å². The summed E-state index contributed by atoms with van der Waals surface area (Å²) in [6.07, 6.45) is 2.38. The highest BCUT2D eigenvalue weighted by Gasteiger charge is 2.05. The van der Waals surface area contributed by atoms with Gasteiger partial charge in [-0.2, -0.15) is 0 Å². The molecule has 0 fully saturated rings. The minimum atomic E-state index is -0.331. The monoisotopic (exact) mass is 331 g/mol. The Labute approximate surface area is 123 Å². The summed E-state index contributed by atoms with van der Waals surface area (Å²) in [7, 11) is 0. The minimum Gasteiger partial charge on any atom is -0.489 e. The molecule has 0 saturated heterocycles. The van der Waals surface area contributed by atoms with Crippen LogP contribution in [0.4, 0.5) is 4.39 Å². The second-order valence-corrected chi connectivity index (χ2v) is 6.17. The number of nitrogens with one attached hydrogen (secondary N) is 1. The number of benzene rings is 1. The Hall–Kier alpha value is -0.610. The van der Waals surface area contributed by atoms with Crippen molar-refractivity contribution in [2.45, 2.75) is 39.7 Å². The van der Waals surface area contributed by atoms with E-state index in [1.165, 1.54) is 12.5 Å². The number of hydrogen-bond acceptors (Lipinski definition) is 2. The second kappa shape index (κ2) is 8.54. The molecular formula is C15H23BrFNO. The molecule has 0 radical (unpaired) electrons. The molecule has 0 aromatic heterocycles. The highest BCUT2D eigenvalue weighted by molar-refractivity contribution is 9.10. The van der Waals surface area contributed by atoms with E-state index in [2.05, 4.69) is 42.0 Å². The summed E-state index contributed by atoms with van der Waals surface area (Å²) in [5.41, 5.74) is 0. The highest BCUT2D eigenvalue weighted by Crippen LogP contribution is 2.21. The van der Waals surface area contributed by atoms with Crippen LogP contribution in [0, 0.1) is 11.7 Å². The molecule has 0 saturated carbocycles. The van der Waals surface area contributed by atoms with E-state index in [9.17, 15) is 4.39 Å². The molecule has 1 N–H and O–H groups in total. The van der Waals surface area contributed by atoms with Crippen LogP contribution in [0.25, 0.3) is 0 Å². The highest BCUT2D eigenvalue weighted by atomic mass is 79.9. The number of hydrogen-bond donors (Lipinski definition) is 1.